The summed E-state index contributed by atoms with van der Waals surface area (Å²) in [6, 6.07) is 7.98. The molecule has 2 unspecified atom stereocenters. The molecule has 21 heavy (non-hydrogen) atoms. The Hall–Kier alpha value is -1.15. The normalized spacial score (nSPS) is 26.3. The minimum atomic E-state index is 0.292. The number of rotatable bonds is 4. The number of benzene rings is 1. The van der Waals surface area contributed by atoms with Crippen molar-refractivity contribution in [1.82, 2.24) is 4.90 Å². The second-order valence-electron chi connectivity index (χ2n) is 6.93. The molecule has 0 amide bonds. The first-order chi connectivity index (χ1) is 10.2. The number of ketones is 1. The van der Waals surface area contributed by atoms with Gasteiger partial charge in [-0.3, -0.25) is 4.79 Å². The molecule has 1 saturated carbocycles. The number of likely N-dealkylation sites (tertiary alicyclic amines) is 1. The fourth-order valence-corrected chi connectivity index (χ4v) is 4.02. The number of carbonyl (C=O) groups is 1. The number of nitrogens with zero attached hydrogens (tertiary/aromatic N) is 1. The molecule has 0 aromatic heterocycles. The molecule has 0 spiro atoms. The smallest absolute Gasteiger partial charge is 0.164 e. The van der Waals surface area contributed by atoms with Crippen molar-refractivity contribution in [2.24, 2.45) is 11.8 Å². The van der Waals surface area contributed by atoms with Crippen LogP contribution in [0.15, 0.2) is 24.3 Å². The largest absolute Gasteiger partial charge is 0.303 e. The third-order valence-electron chi connectivity index (χ3n) is 5.40. The van der Waals surface area contributed by atoms with Crippen LogP contribution in [0, 0.1) is 18.8 Å². The van der Waals surface area contributed by atoms with E-state index in [9.17, 15) is 4.79 Å². The maximum atomic E-state index is 12.3. The van der Waals surface area contributed by atoms with E-state index in [2.05, 4.69) is 11.8 Å². The van der Waals surface area contributed by atoms with Gasteiger partial charge < -0.3 is 4.90 Å². The zero-order valence-electron chi connectivity index (χ0n) is 13.2. The third kappa shape index (κ3) is 3.74. The zero-order valence-corrected chi connectivity index (χ0v) is 13.2. The Morgan fingerprint density at radius 1 is 1.10 bits per heavy atom. The lowest BCUT2D eigenvalue weighted by molar-refractivity contribution is 0.0787. The van der Waals surface area contributed by atoms with Gasteiger partial charge >= 0.3 is 0 Å². The molecule has 1 saturated heterocycles. The van der Waals surface area contributed by atoms with Gasteiger partial charge in [-0.05, 0) is 38.1 Å². The van der Waals surface area contributed by atoms with E-state index in [1.54, 1.807) is 0 Å². The van der Waals surface area contributed by atoms with Crippen LogP contribution in [0.5, 0.6) is 0 Å². The fraction of sp³-hybridized carbons (Fsp3) is 0.632. The number of hydrogen-bond donors (Lipinski definition) is 0. The Bertz CT molecular complexity index is 479. The van der Waals surface area contributed by atoms with Crippen LogP contribution in [0.1, 0.15) is 54.4 Å². The van der Waals surface area contributed by atoms with Crippen molar-refractivity contribution in [1.29, 1.82) is 0 Å². The first-order valence-corrected chi connectivity index (χ1v) is 8.54. The van der Waals surface area contributed by atoms with E-state index in [1.807, 2.05) is 24.3 Å². The molecule has 3 rings (SSSR count). The predicted molar refractivity (Wildman–Crippen MR) is 86.6 cm³/mol. The fourth-order valence-electron chi connectivity index (χ4n) is 4.02. The highest BCUT2D eigenvalue weighted by atomic mass is 16.1. The van der Waals surface area contributed by atoms with E-state index >= 15 is 0 Å². The summed E-state index contributed by atoms with van der Waals surface area (Å²) in [6.45, 7) is 5.42. The Kier molecular flexibility index (Phi) is 4.74. The van der Waals surface area contributed by atoms with Crippen LogP contribution in [0.2, 0.25) is 0 Å². The number of aryl methyl sites for hydroxylation is 1. The van der Waals surface area contributed by atoms with Crippen molar-refractivity contribution in [2.75, 3.05) is 19.6 Å². The highest BCUT2D eigenvalue weighted by Crippen LogP contribution is 2.35. The van der Waals surface area contributed by atoms with Crippen molar-refractivity contribution in [3.05, 3.63) is 35.4 Å². The summed E-state index contributed by atoms with van der Waals surface area (Å²) in [5, 5.41) is 0. The summed E-state index contributed by atoms with van der Waals surface area (Å²) in [5.41, 5.74) is 2.08. The standard InChI is InChI=1S/C19H27NO/c1-15-6-8-17(9-7-15)19(21)11-13-20-12-10-16-4-2-3-5-18(16)14-20/h6-9,16,18H,2-5,10-14H2,1H3. The molecular formula is C19H27NO. The van der Waals surface area contributed by atoms with Gasteiger partial charge in [0.15, 0.2) is 5.78 Å². The topological polar surface area (TPSA) is 20.3 Å². The Morgan fingerprint density at radius 2 is 1.81 bits per heavy atom. The lowest BCUT2D eigenvalue weighted by Gasteiger charge is -2.41. The van der Waals surface area contributed by atoms with E-state index in [1.165, 1.54) is 50.8 Å². The Labute approximate surface area is 128 Å². The lowest BCUT2D eigenvalue weighted by Crippen LogP contribution is -2.42. The van der Waals surface area contributed by atoms with E-state index < -0.39 is 0 Å². The van der Waals surface area contributed by atoms with Crippen LogP contribution in [0.3, 0.4) is 0 Å². The van der Waals surface area contributed by atoms with Gasteiger partial charge in [-0.25, -0.2) is 0 Å². The number of fused-ring (bicyclic) bond motifs is 1. The molecule has 2 aliphatic rings. The lowest BCUT2D eigenvalue weighted by atomic mass is 9.75. The van der Waals surface area contributed by atoms with E-state index in [0.29, 0.717) is 12.2 Å². The van der Waals surface area contributed by atoms with Crippen LogP contribution in [-0.2, 0) is 0 Å². The van der Waals surface area contributed by atoms with Crippen molar-refractivity contribution < 1.29 is 4.79 Å². The van der Waals surface area contributed by atoms with Gasteiger partial charge in [0.2, 0.25) is 0 Å². The Balaban J connectivity index is 1.48. The predicted octanol–water partition coefficient (Wildman–Crippen LogP) is 4.08. The molecule has 1 heterocycles. The summed E-state index contributed by atoms with van der Waals surface area (Å²) >= 11 is 0. The van der Waals surface area contributed by atoms with E-state index in [-0.39, 0.29) is 0 Å². The van der Waals surface area contributed by atoms with Gasteiger partial charge in [0.1, 0.15) is 0 Å². The van der Waals surface area contributed by atoms with E-state index in [0.717, 1.165) is 23.9 Å². The zero-order chi connectivity index (χ0) is 14.7. The summed E-state index contributed by atoms with van der Waals surface area (Å²) < 4.78 is 0. The van der Waals surface area contributed by atoms with Crippen LogP contribution in [-0.4, -0.2) is 30.3 Å². The molecular weight excluding hydrogens is 258 g/mol. The molecule has 2 fully saturated rings. The maximum absolute atomic E-state index is 12.3. The number of piperidine rings is 1. The number of carbonyl (C=O) groups excluding carboxylic acids is 1. The summed E-state index contributed by atoms with van der Waals surface area (Å²) in [7, 11) is 0. The van der Waals surface area contributed by atoms with Crippen molar-refractivity contribution in [2.45, 2.75) is 45.4 Å². The summed E-state index contributed by atoms with van der Waals surface area (Å²) in [5.74, 6) is 2.17. The molecule has 114 valence electrons. The summed E-state index contributed by atoms with van der Waals surface area (Å²) in [6.07, 6.45) is 7.72. The molecule has 2 nitrogen and oxygen atoms in total. The van der Waals surface area contributed by atoms with Gasteiger partial charge in [-0.1, -0.05) is 49.1 Å². The van der Waals surface area contributed by atoms with Gasteiger partial charge in [0, 0.05) is 25.1 Å². The van der Waals surface area contributed by atoms with Gasteiger partial charge in [-0.15, -0.1) is 0 Å². The first-order valence-electron chi connectivity index (χ1n) is 8.54. The Morgan fingerprint density at radius 3 is 2.57 bits per heavy atom. The first kappa shape index (κ1) is 14.8. The molecule has 2 heteroatoms. The van der Waals surface area contributed by atoms with Crippen LogP contribution in [0.25, 0.3) is 0 Å². The minimum Gasteiger partial charge on any atom is -0.303 e. The molecule has 0 radical (unpaired) electrons. The second kappa shape index (κ2) is 6.74. The maximum Gasteiger partial charge on any atom is 0.164 e. The van der Waals surface area contributed by atoms with Crippen LogP contribution >= 0.6 is 0 Å². The number of hydrogen-bond acceptors (Lipinski definition) is 2. The SMILES string of the molecule is Cc1ccc(C(=O)CCN2CCC3CCCCC3C2)cc1. The van der Waals surface area contributed by atoms with Crippen LogP contribution < -0.4 is 0 Å². The molecule has 1 aliphatic carbocycles. The highest BCUT2D eigenvalue weighted by Gasteiger charge is 2.30. The molecule has 0 N–H and O–H groups in total. The molecule has 1 aromatic carbocycles. The number of Topliss-reactive ketones (excluding diaryl/α,β-unsaturated/α-hetero) is 1. The van der Waals surface area contributed by atoms with E-state index in [4.69, 9.17) is 0 Å². The van der Waals surface area contributed by atoms with Gasteiger partial charge in [0.25, 0.3) is 0 Å². The second-order valence-corrected chi connectivity index (χ2v) is 6.93. The van der Waals surface area contributed by atoms with Gasteiger partial charge in [0.05, 0.1) is 0 Å². The molecule has 2 atom stereocenters. The highest BCUT2D eigenvalue weighted by molar-refractivity contribution is 5.96. The molecule has 1 aromatic rings. The quantitative estimate of drug-likeness (QED) is 0.777. The minimum absolute atomic E-state index is 0.292. The molecule has 0 bridgehead atoms. The van der Waals surface area contributed by atoms with Crippen molar-refractivity contribution >= 4 is 5.78 Å². The van der Waals surface area contributed by atoms with Gasteiger partial charge in [-0.2, -0.15) is 0 Å². The van der Waals surface area contributed by atoms with Crippen molar-refractivity contribution in [3.63, 3.8) is 0 Å². The van der Waals surface area contributed by atoms with Crippen LogP contribution in [0.4, 0.5) is 0 Å². The summed E-state index contributed by atoms with van der Waals surface area (Å²) in [4.78, 5) is 14.8. The molecule has 1 aliphatic heterocycles. The average Bonchev–Trinajstić information content (AvgIpc) is 2.53. The monoisotopic (exact) mass is 285 g/mol. The van der Waals surface area contributed by atoms with Crippen molar-refractivity contribution in [3.8, 4) is 0 Å². The third-order valence-corrected chi connectivity index (χ3v) is 5.40. The average molecular weight is 285 g/mol.